The third kappa shape index (κ3) is 5.91. The molecule has 23 heavy (non-hydrogen) atoms. The molecule has 0 aromatic rings. The predicted octanol–water partition coefficient (Wildman–Crippen LogP) is -0.559. The number of ether oxygens (including phenoxy) is 1. The van der Waals surface area contributed by atoms with Crippen LogP contribution in [0, 0.1) is 5.92 Å². The first-order valence-corrected chi connectivity index (χ1v) is 8.11. The van der Waals surface area contributed by atoms with Gasteiger partial charge in [-0.1, -0.05) is 13.8 Å². The molecule has 0 aromatic heterocycles. The fourth-order valence-corrected chi connectivity index (χ4v) is 2.77. The van der Waals surface area contributed by atoms with Crippen LogP contribution in [0.2, 0.25) is 0 Å². The van der Waals surface area contributed by atoms with Gasteiger partial charge in [0, 0.05) is 39.1 Å². The van der Waals surface area contributed by atoms with E-state index in [1.54, 1.807) is 0 Å². The van der Waals surface area contributed by atoms with E-state index < -0.39 is 6.04 Å². The average Bonchev–Trinajstić information content (AvgIpc) is 2.85. The van der Waals surface area contributed by atoms with Crippen molar-refractivity contribution in [3.63, 3.8) is 0 Å². The molecule has 0 saturated carbocycles. The van der Waals surface area contributed by atoms with Crippen LogP contribution in [0.3, 0.4) is 0 Å². The molecule has 2 aliphatic rings. The van der Waals surface area contributed by atoms with Crippen molar-refractivity contribution in [1.82, 2.24) is 15.1 Å². The van der Waals surface area contributed by atoms with Crippen molar-refractivity contribution in [3.05, 3.63) is 0 Å². The van der Waals surface area contributed by atoms with Gasteiger partial charge in [0.15, 0.2) is 0 Å². The summed E-state index contributed by atoms with van der Waals surface area (Å²) in [6, 6.07) is -0.632. The minimum atomic E-state index is -0.516. The Balaban J connectivity index is 0.00000264. The number of nitrogens with one attached hydrogen (secondary N) is 1. The highest BCUT2D eigenvalue weighted by atomic mass is 35.5. The Morgan fingerprint density at radius 3 is 2.61 bits per heavy atom. The summed E-state index contributed by atoms with van der Waals surface area (Å²) in [5, 5.41) is 2.90. The second-order valence-corrected chi connectivity index (χ2v) is 6.47. The second kappa shape index (κ2) is 9.42. The number of nitrogens with two attached hydrogens (primary N) is 1. The molecule has 0 aliphatic carbocycles. The van der Waals surface area contributed by atoms with Crippen molar-refractivity contribution in [2.24, 2.45) is 11.7 Å². The van der Waals surface area contributed by atoms with Crippen molar-refractivity contribution >= 4 is 24.2 Å². The quantitative estimate of drug-likeness (QED) is 0.672. The standard InChI is InChI=1S/C15H28N4O3.ClH/c1-11(2)14(16)15(21)17-12-9-13(20)19(10-12)4-3-18-5-7-22-8-6-18;/h11-12,14H,3-10,16H2,1-2H3,(H,17,21);1H/t12?,14-;/m0./s1. The first-order chi connectivity index (χ1) is 10.5. The number of amides is 2. The first-order valence-electron chi connectivity index (χ1n) is 8.11. The zero-order valence-electron chi connectivity index (χ0n) is 14.0. The minimum absolute atomic E-state index is 0. The fourth-order valence-electron chi connectivity index (χ4n) is 2.77. The van der Waals surface area contributed by atoms with Gasteiger partial charge in [-0.25, -0.2) is 0 Å². The Kier molecular flexibility index (Phi) is 8.25. The smallest absolute Gasteiger partial charge is 0.237 e. The lowest BCUT2D eigenvalue weighted by atomic mass is 10.0. The molecular weight excluding hydrogens is 320 g/mol. The molecule has 2 aliphatic heterocycles. The van der Waals surface area contributed by atoms with E-state index in [9.17, 15) is 9.59 Å². The van der Waals surface area contributed by atoms with E-state index in [0.29, 0.717) is 19.5 Å². The molecule has 2 saturated heterocycles. The van der Waals surface area contributed by atoms with Gasteiger partial charge in [0.25, 0.3) is 0 Å². The van der Waals surface area contributed by atoms with Crippen LogP contribution < -0.4 is 11.1 Å². The lowest BCUT2D eigenvalue weighted by molar-refractivity contribution is -0.128. The van der Waals surface area contributed by atoms with Crippen LogP contribution in [0.15, 0.2) is 0 Å². The summed E-state index contributed by atoms with van der Waals surface area (Å²) < 4.78 is 5.31. The van der Waals surface area contributed by atoms with Crippen molar-refractivity contribution in [3.8, 4) is 0 Å². The molecule has 2 heterocycles. The summed E-state index contributed by atoms with van der Waals surface area (Å²) in [5.41, 5.74) is 5.83. The van der Waals surface area contributed by atoms with Crippen LogP contribution in [0.4, 0.5) is 0 Å². The van der Waals surface area contributed by atoms with E-state index in [0.717, 1.165) is 32.8 Å². The van der Waals surface area contributed by atoms with Crippen LogP contribution in [-0.2, 0) is 14.3 Å². The summed E-state index contributed by atoms with van der Waals surface area (Å²) in [7, 11) is 0. The molecule has 0 bridgehead atoms. The summed E-state index contributed by atoms with van der Waals surface area (Å²) in [5.74, 6) is 0.0361. The minimum Gasteiger partial charge on any atom is -0.379 e. The number of nitrogens with zero attached hydrogens (tertiary/aromatic N) is 2. The Labute approximate surface area is 144 Å². The normalized spacial score (nSPS) is 23.7. The summed E-state index contributed by atoms with van der Waals surface area (Å²) >= 11 is 0. The van der Waals surface area contributed by atoms with Gasteiger partial charge in [0.1, 0.15) is 0 Å². The Bertz CT molecular complexity index is 402. The zero-order chi connectivity index (χ0) is 16.1. The van der Waals surface area contributed by atoms with Crippen LogP contribution >= 0.6 is 12.4 Å². The first kappa shape index (κ1) is 20.2. The number of rotatable bonds is 6. The summed E-state index contributed by atoms with van der Waals surface area (Å²) in [4.78, 5) is 28.2. The van der Waals surface area contributed by atoms with Crippen molar-refractivity contribution in [2.45, 2.75) is 32.4 Å². The topological polar surface area (TPSA) is 87.9 Å². The predicted molar refractivity (Wildman–Crippen MR) is 90.4 cm³/mol. The number of halogens is 1. The molecule has 134 valence electrons. The van der Waals surface area contributed by atoms with Gasteiger partial charge >= 0.3 is 0 Å². The van der Waals surface area contributed by atoms with E-state index in [2.05, 4.69) is 10.2 Å². The van der Waals surface area contributed by atoms with E-state index in [1.165, 1.54) is 0 Å². The molecule has 0 radical (unpaired) electrons. The molecule has 0 spiro atoms. The van der Waals surface area contributed by atoms with E-state index >= 15 is 0 Å². The van der Waals surface area contributed by atoms with Gasteiger partial charge < -0.3 is 20.7 Å². The second-order valence-electron chi connectivity index (χ2n) is 6.47. The van der Waals surface area contributed by atoms with Gasteiger partial charge in [0.2, 0.25) is 11.8 Å². The molecule has 3 N–H and O–H groups in total. The molecule has 2 fully saturated rings. The number of morpholine rings is 1. The van der Waals surface area contributed by atoms with E-state index in [4.69, 9.17) is 10.5 Å². The van der Waals surface area contributed by atoms with Crippen molar-refractivity contribution in [1.29, 1.82) is 0 Å². The number of carbonyl (C=O) groups excluding carboxylic acids is 2. The van der Waals surface area contributed by atoms with Crippen LogP contribution in [-0.4, -0.2) is 79.6 Å². The Hall–Kier alpha value is -0.890. The highest BCUT2D eigenvalue weighted by molar-refractivity contribution is 5.85. The van der Waals surface area contributed by atoms with Crippen molar-refractivity contribution in [2.75, 3.05) is 45.9 Å². The zero-order valence-corrected chi connectivity index (χ0v) is 14.8. The summed E-state index contributed by atoms with van der Waals surface area (Å²) in [6.45, 7) is 9.36. The van der Waals surface area contributed by atoms with Crippen LogP contribution in [0.1, 0.15) is 20.3 Å². The Morgan fingerprint density at radius 2 is 2.00 bits per heavy atom. The molecule has 1 unspecified atom stereocenters. The van der Waals surface area contributed by atoms with Gasteiger partial charge in [0.05, 0.1) is 25.3 Å². The van der Waals surface area contributed by atoms with Crippen molar-refractivity contribution < 1.29 is 14.3 Å². The monoisotopic (exact) mass is 348 g/mol. The average molecular weight is 349 g/mol. The molecule has 2 rings (SSSR count). The van der Waals surface area contributed by atoms with Crippen LogP contribution in [0.25, 0.3) is 0 Å². The van der Waals surface area contributed by atoms with E-state index in [-0.39, 0.29) is 36.2 Å². The lowest BCUT2D eigenvalue weighted by Crippen LogP contribution is -2.48. The molecule has 0 aromatic carbocycles. The fraction of sp³-hybridized carbons (Fsp3) is 0.867. The number of carbonyl (C=O) groups is 2. The number of hydrogen-bond acceptors (Lipinski definition) is 5. The molecule has 8 heteroatoms. The third-order valence-corrected chi connectivity index (χ3v) is 4.37. The lowest BCUT2D eigenvalue weighted by Gasteiger charge is -2.28. The van der Waals surface area contributed by atoms with Gasteiger partial charge in [-0.3, -0.25) is 14.5 Å². The van der Waals surface area contributed by atoms with Gasteiger partial charge in [-0.05, 0) is 5.92 Å². The Morgan fingerprint density at radius 1 is 1.35 bits per heavy atom. The SMILES string of the molecule is CC(C)[C@H](N)C(=O)NC1CC(=O)N(CCN2CCOCC2)C1.Cl. The third-order valence-electron chi connectivity index (χ3n) is 4.37. The number of hydrogen-bond donors (Lipinski definition) is 2. The number of likely N-dealkylation sites (tertiary alicyclic amines) is 1. The van der Waals surface area contributed by atoms with Gasteiger partial charge in [-0.15, -0.1) is 12.4 Å². The largest absolute Gasteiger partial charge is 0.379 e. The maximum atomic E-state index is 12.0. The highest BCUT2D eigenvalue weighted by Crippen LogP contribution is 2.12. The van der Waals surface area contributed by atoms with Gasteiger partial charge in [-0.2, -0.15) is 0 Å². The van der Waals surface area contributed by atoms with Crippen LogP contribution in [0.5, 0.6) is 0 Å². The highest BCUT2D eigenvalue weighted by Gasteiger charge is 2.32. The molecular formula is C15H29ClN4O3. The molecule has 7 nitrogen and oxygen atoms in total. The summed E-state index contributed by atoms with van der Waals surface area (Å²) in [6.07, 6.45) is 0.375. The molecule has 2 amide bonds. The van der Waals surface area contributed by atoms with E-state index in [1.807, 2.05) is 18.7 Å². The molecule has 2 atom stereocenters. The maximum absolute atomic E-state index is 12.0. The maximum Gasteiger partial charge on any atom is 0.237 e.